The van der Waals surface area contributed by atoms with E-state index in [0.29, 0.717) is 17.1 Å². The smallest absolute Gasteiger partial charge is 0.257 e. The topological polar surface area (TPSA) is 101 Å². The third kappa shape index (κ3) is 5.09. The third-order valence-electron chi connectivity index (χ3n) is 2.60. The Balaban J connectivity index is 2.55. The van der Waals surface area contributed by atoms with Gasteiger partial charge in [-0.25, -0.2) is 0 Å². The summed E-state index contributed by atoms with van der Waals surface area (Å²) in [7, 11) is 4.59. The molecule has 0 saturated heterocycles. The van der Waals surface area contributed by atoms with E-state index in [1.54, 1.807) is 19.2 Å². The van der Waals surface area contributed by atoms with Gasteiger partial charge in [0, 0.05) is 12.6 Å². The molecule has 22 heavy (non-hydrogen) atoms. The number of amides is 2. The lowest BCUT2D eigenvalue weighted by Gasteiger charge is -2.11. The van der Waals surface area contributed by atoms with Gasteiger partial charge in [-0.3, -0.25) is 20.4 Å². The Morgan fingerprint density at radius 2 is 1.82 bits per heavy atom. The molecule has 1 aromatic rings. The van der Waals surface area contributed by atoms with Gasteiger partial charge < -0.3 is 20.1 Å². The lowest BCUT2D eigenvalue weighted by molar-refractivity contribution is -0.120. The summed E-state index contributed by atoms with van der Waals surface area (Å²) < 4.78 is 10.2. The summed E-state index contributed by atoms with van der Waals surface area (Å²) in [6, 6.07) is 4.71. The molecule has 8 nitrogen and oxygen atoms in total. The van der Waals surface area contributed by atoms with Gasteiger partial charge in [-0.2, -0.15) is 0 Å². The second-order valence-electron chi connectivity index (χ2n) is 4.00. The number of hydrogen-bond donors (Lipinski definition) is 4. The molecule has 0 aliphatic carbocycles. The van der Waals surface area contributed by atoms with Gasteiger partial charge in [-0.1, -0.05) is 0 Å². The molecule has 120 valence electrons. The van der Waals surface area contributed by atoms with Crippen LogP contribution in [0.4, 0.5) is 0 Å². The van der Waals surface area contributed by atoms with Crippen LogP contribution in [-0.4, -0.2) is 44.7 Å². The van der Waals surface area contributed by atoms with Crippen molar-refractivity contribution in [2.45, 2.75) is 0 Å². The first kappa shape index (κ1) is 17.5. The predicted octanol–water partition coefficient (Wildman–Crippen LogP) is -0.441. The quantitative estimate of drug-likeness (QED) is 0.430. The maximum Gasteiger partial charge on any atom is 0.257 e. The highest BCUT2D eigenvalue weighted by Crippen LogP contribution is 2.27. The van der Waals surface area contributed by atoms with Crippen LogP contribution in [0, 0.1) is 0 Å². The fourth-order valence-electron chi connectivity index (χ4n) is 1.47. The van der Waals surface area contributed by atoms with E-state index in [1.165, 1.54) is 20.3 Å². The van der Waals surface area contributed by atoms with Gasteiger partial charge in [0.15, 0.2) is 16.6 Å². The van der Waals surface area contributed by atoms with E-state index in [0.717, 1.165) is 0 Å². The number of hydrogen-bond acceptors (Lipinski definition) is 5. The molecule has 0 atom stereocenters. The fourth-order valence-corrected chi connectivity index (χ4v) is 1.52. The van der Waals surface area contributed by atoms with Gasteiger partial charge in [-0.15, -0.1) is 0 Å². The van der Waals surface area contributed by atoms with Gasteiger partial charge in [0.2, 0.25) is 0 Å². The van der Waals surface area contributed by atoms with E-state index in [2.05, 4.69) is 21.5 Å². The fraction of sp³-hybridized carbons (Fsp3) is 0.308. The van der Waals surface area contributed by atoms with E-state index >= 15 is 0 Å². The van der Waals surface area contributed by atoms with Crippen LogP contribution in [-0.2, 0) is 4.79 Å². The van der Waals surface area contributed by atoms with E-state index in [1.807, 2.05) is 0 Å². The highest BCUT2D eigenvalue weighted by molar-refractivity contribution is 7.80. The molecular weight excluding hydrogens is 308 g/mol. The highest BCUT2D eigenvalue weighted by atomic mass is 32.1. The summed E-state index contributed by atoms with van der Waals surface area (Å²) >= 11 is 4.79. The number of rotatable bonds is 5. The molecular formula is C13H18N4O4S. The van der Waals surface area contributed by atoms with Crippen LogP contribution in [0.25, 0.3) is 0 Å². The van der Waals surface area contributed by atoms with Gasteiger partial charge in [0.25, 0.3) is 11.8 Å². The number of nitrogens with one attached hydrogen (secondary N) is 4. The van der Waals surface area contributed by atoms with Crippen molar-refractivity contribution in [1.29, 1.82) is 0 Å². The Morgan fingerprint density at radius 1 is 1.14 bits per heavy atom. The summed E-state index contributed by atoms with van der Waals surface area (Å²) in [6.07, 6.45) is 0. The summed E-state index contributed by atoms with van der Waals surface area (Å²) in [5, 5.41) is 5.37. The Morgan fingerprint density at radius 3 is 2.41 bits per heavy atom. The summed E-state index contributed by atoms with van der Waals surface area (Å²) in [5.74, 6) is 0.0981. The molecule has 0 aromatic heterocycles. The Kier molecular flexibility index (Phi) is 6.90. The van der Waals surface area contributed by atoms with Crippen molar-refractivity contribution >= 4 is 29.1 Å². The molecule has 0 aliphatic heterocycles. The zero-order valence-corrected chi connectivity index (χ0v) is 13.3. The number of thiocarbonyl (C=S) groups is 1. The second-order valence-corrected chi connectivity index (χ2v) is 4.41. The van der Waals surface area contributed by atoms with Gasteiger partial charge in [-0.05, 0) is 30.4 Å². The van der Waals surface area contributed by atoms with Crippen molar-refractivity contribution in [2.75, 3.05) is 27.8 Å². The number of carbonyl (C=O) groups excluding carboxylic acids is 2. The number of ether oxygens (including phenoxy) is 2. The molecule has 0 saturated carbocycles. The highest BCUT2D eigenvalue weighted by Gasteiger charge is 2.11. The monoisotopic (exact) mass is 326 g/mol. The summed E-state index contributed by atoms with van der Waals surface area (Å²) in [6.45, 7) is -0.202. The Labute approximate surface area is 133 Å². The van der Waals surface area contributed by atoms with Gasteiger partial charge in [0.1, 0.15) is 0 Å². The lowest BCUT2D eigenvalue weighted by atomic mass is 10.2. The largest absolute Gasteiger partial charge is 0.493 e. The van der Waals surface area contributed by atoms with E-state index in [9.17, 15) is 9.59 Å². The normalized spacial score (nSPS) is 9.41. The molecule has 2 amide bonds. The average Bonchev–Trinajstić information content (AvgIpc) is 2.56. The first-order chi connectivity index (χ1) is 10.5. The minimum Gasteiger partial charge on any atom is -0.493 e. The van der Waals surface area contributed by atoms with Crippen LogP contribution in [0.5, 0.6) is 11.5 Å². The molecule has 0 radical (unpaired) electrons. The number of carbonyl (C=O) groups is 2. The standard InChI is InChI=1S/C13H18N4O4S/c1-14-13(22)17-16-11(18)7-15-12(19)8-4-5-9(20-2)10(6-8)21-3/h4-6H,7H2,1-3H3,(H,15,19)(H,16,18)(H2,14,17,22). The van der Waals surface area contributed by atoms with Gasteiger partial charge in [0.05, 0.1) is 20.8 Å². The van der Waals surface area contributed by atoms with Crippen LogP contribution >= 0.6 is 12.2 Å². The van der Waals surface area contributed by atoms with Crippen molar-refractivity contribution in [2.24, 2.45) is 0 Å². The van der Waals surface area contributed by atoms with E-state index < -0.39 is 11.8 Å². The molecule has 0 fully saturated rings. The Bertz CT molecular complexity index is 565. The van der Waals surface area contributed by atoms with Crippen LogP contribution in [0.15, 0.2) is 18.2 Å². The molecule has 9 heteroatoms. The van der Waals surface area contributed by atoms with E-state index in [-0.39, 0.29) is 11.7 Å². The third-order valence-corrected chi connectivity index (χ3v) is 2.90. The second kappa shape index (κ2) is 8.67. The van der Waals surface area contributed by atoms with Crippen molar-refractivity contribution in [3.63, 3.8) is 0 Å². The lowest BCUT2D eigenvalue weighted by Crippen LogP contribution is -2.49. The van der Waals surface area contributed by atoms with Crippen molar-refractivity contribution in [3.8, 4) is 11.5 Å². The number of benzene rings is 1. The molecule has 0 aliphatic rings. The molecule has 0 spiro atoms. The minimum atomic E-state index is -0.438. The molecule has 1 rings (SSSR count). The molecule has 1 aromatic carbocycles. The van der Waals surface area contributed by atoms with Crippen molar-refractivity contribution in [1.82, 2.24) is 21.5 Å². The number of hydrazine groups is 1. The Hall–Kier alpha value is -2.55. The zero-order valence-electron chi connectivity index (χ0n) is 12.5. The minimum absolute atomic E-state index is 0.202. The maximum absolute atomic E-state index is 12.0. The van der Waals surface area contributed by atoms with Crippen LogP contribution in [0.1, 0.15) is 10.4 Å². The molecule has 0 heterocycles. The first-order valence-corrected chi connectivity index (χ1v) is 6.69. The predicted molar refractivity (Wildman–Crippen MR) is 84.8 cm³/mol. The zero-order chi connectivity index (χ0) is 16.5. The maximum atomic E-state index is 12.0. The molecule has 4 N–H and O–H groups in total. The SMILES string of the molecule is CNC(=S)NNC(=O)CNC(=O)c1ccc(OC)c(OC)c1. The number of methoxy groups -OCH3 is 2. The van der Waals surface area contributed by atoms with Crippen molar-refractivity contribution < 1.29 is 19.1 Å². The van der Waals surface area contributed by atoms with Crippen LogP contribution < -0.4 is 31.0 Å². The van der Waals surface area contributed by atoms with E-state index in [4.69, 9.17) is 21.7 Å². The summed E-state index contributed by atoms with van der Waals surface area (Å²) in [4.78, 5) is 23.5. The van der Waals surface area contributed by atoms with Crippen LogP contribution in [0.2, 0.25) is 0 Å². The molecule has 0 unspecified atom stereocenters. The average molecular weight is 326 g/mol. The first-order valence-electron chi connectivity index (χ1n) is 6.28. The van der Waals surface area contributed by atoms with Crippen LogP contribution in [0.3, 0.4) is 0 Å². The van der Waals surface area contributed by atoms with Crippen molar-refractivity contribution in [3.05, 3.63) is 23.8 Å². The van der Waals surface area contributed by atoms with Gasteiger partial charge >= 0.3 is 0 Å². The summed E-state index contributed by atoms with van der Waals surface area (Å²) in [5.41, 5.74) is 5.14. The molecule has 0 bridgehead atoms.